The normalized spacial score (nSPS) is 14.9. The molecule has 1 N–H and O–H groups in total. The van der Waals surface area contributed by atoms with Gasteiger partial charge < -0.3 is 10.1 Å². The first-order valence-corrected chi connectivity index (χ1v) is 10.6. The molecule has 27 heavy (non-hydrogen) atoms. The van der Waals surface area contributed by atoms with Crippen molar-refractivity contribution in [1.82, 2.24) is 4.31 Å². The molecule has 144 valence electrons. The molecule has 0 saturated carbocycles. The molecule has 3 rings (SSSR count). The Labute approximate surface area is 160 Å². The van der Waals surface area contributed by atoms with Crippen molar-refractivity contribution < 1.29 is 17.9 Å². The fourth-order valence-corrected chi connectivity index (χ4v) is 4.65. The van der Waals surface area contributed by atoms with Gasteiger partial charge in [0.1, 0.15) is 5.75 Å². The molecule has 2 aromatic rings. The van der Waals surface area contributed by atoms with Gasteiger partial charge in [0.25, 0.3) is 5.91 Å². The lowest BCUT2D eigenvalue weighted by Crippen LogP contribution is -2.28. The highest BCUT2D eigenvalue weighted by molar-refractivity contribution is 7.89. The van der Waals surface area contributed by atoms with Crippen LogP contribution >= 0.6 is 0 Å². The summed E-state index contributed by atoms with van der Waals surface area (Å²) in [4.78, 5) is 12.4. The Morgan fingerprint density at radius 2 is 1.85 bits per heavy atom. The van der Waals surface area contributed by atoms with E-state index in [0.717, 1.165) is 24.8 Å². The number of ether oxygens (including phenoxy) is 1. The summed E-state index contributed by atoms with van der Waals surface area (Å²) in [6.07, 6.45) is 2.58. The van der Waals surface area contributed by atoms with Crippen LogP contribution in [0.2, 0.25) is 0 Å². The van der Waals surface area contributed by atoms with Gasteiger partial charge in [0.2, 0.25) is 10.0 Å². The molecule has 6 nitrogen and oxygen atoms in total. The third-order valence-electron chi connectivity index (χ3n) is 4.53. The lowest BCUT2D eigenvalue weighted by Gasteiger charge is -2.16. The van der Waals surface area contributed by atoms with E-state index in [4.69, 9.17) is 4.74 Å². The number of carbonyl (C=O) groups excluding carboxylic acids is 1. The van der Waals surface area contributed by atoms with Crippen LogP contribution in [0.1, 0.15) is 25.3 Å². The molecule has 0 aliphatic carbocycles. The van der Waals surface area contributed by atoms with E-state index in [9.17, 15) is 13.2 Å². The second-order valence-electron chi connectivity index (χ2n) is 6.44. The molecule has 1 saturated heterocycles. The second kappa shape index (κ2) is 8.54. The average Bonchev–Trinajstić information content (AvgIpc) is 3.22. The molecule has 0 radical (unpaired) electrons. The average molecular weight is 388 g/mol. The van der Waals surface area contributed by atoms with Crippen LogP contribution in [0.25, 0.3) is 0 Å². The maximum absolute atomic E-state index is 12.6. The summed E-state index contributed by atoms with van der Waals surface area (Å²) < 4.78 is 32.4. The molecule has 0 spiro atoms. The number of aryl methyl sites for hydroxylation is 1. The molecule has 2 aromatic carbocycles. The predicted molar refractivity (Wildman–Crippen MR) is 104 cm³/mol. The van der Waals surface area contributed by atoms with Crippen molar-refractivity contribution in [3.63, 3.8) is 0 Å². The first-order valence-electron chi connectivity index (χ1n) is 9.11. The molecule has 0 aromatic heterocycles. The quantitative estimate of drug-likeness (QED) is 0.791. The first kappa shape index (κ1) is 19.4. The highest BCUT2D eigenvalue weighted by Gasteiger charge is 2.27. The molecular formula is C20H24N2O4S. The fraction of sp³-hybridized carbons (Fsp3) is 0.350. The minimum atomic E-state index is -3.51. The second-order valence-corrected chi connectivity index (χ2v) is 8.38. The Morgan fingerprint density at radius 1 is 1.11 bits per heavy atom. The number of carbonyl (C=O) groups is 1. The molecule has 7 heteroatoms. The van der Waals surface area contributed by atoms with E-state index >= 15 is 0 Å². The number of hydrogen-bond acceptors (Lipinski definition) is 4. The van der Waals surface area contributed by atoms with E-state index in [0.29, 0.717) is 24.5 Å². The third-order valence-corrected chi connectivity index (χ3v) is 6.43. The Hall–Kier alpha value is -2.38. The Balaban J connectivity index is 1.64. The lowest BCUT2D eigenvalue weighted by atomic mass is 10.1. The first-order chi connectivity index (χ1) is 13.0. The van der Waals surface area contributed by atoms with Gasteiger partial charge in [0, 0.05) is 18.8 Å². The van der Waals surface area contributed by atoms with Crippen molar-refractivity contribution in [3.05, 3.63) is 54.1 Å². The van der Waals surface area contributed by atoms with Gasteiger partial charge in [-0.25, -0.2) is 8.42 Å². The van der Waals surface area contributed by atoms with Gasteiger partial charge in [-0.05, 0) is 49.1 Å². The molecule has 1 aliphatic heterocycles. The Morgan fingerprint density at radius 3 is 2.59 bits per heavy atom. The summed E-state index contributed by atoms with van der Waals surface area (Å²) in [5, 5.41) is 2.71. The van der Waals surface area contributed by atoms with Gasteiger partial charge in [0.05, 0.1) is 4.90 Å². The van der Waals surface area contributed by atoms with Gasteiger partial charge in [-0.3, -0.25) is 4.79 Å². The molecule has 1 aliphatic rings. The Bertz CT molecular complexity index is 906. The summed E-state index contributed by atoms with van der Waals surface area (Å²) in [5.41, 5.74) is 1.47. The van der Waals surface area contributed by atoms with Gasteiger partial charge in [-0.15, -0.1) is 0 Å². The molecule has 0 atom stereocenters. The highest BCUT2D eigenvalue weighted by atomic mass is 32.2. The largest absolute Gasteiger partial charge is 0.483 e. The number of benzene rings is 2. The molecular weight excluding hydrogens is 364 g/mol. The fourth-order valence-electron chi connectivity index (χ4n) is 3.09. The van der Waals surface area contributed by atoms with Crippen LogP contribution < -0.4 is 10.1 Å². The van der Waals surface area contributed by atoms with Gasteiger partial charge in [-0.2, -0.15) is 4.31 Å². The van der Waals surface area contributed by atoms with Crippen LogP contribution in [0, 0.1) is 0 Å². The molecule has 0 unspecified atom stereocenters. The van der Waals surface area contributed by atoms with E-state index in [-0.39, 0.29) is 17.4 Å². The number of para-hydroxylation sites is 1. The maximum Gasteiger partial charge on any atom is 0.262 e. The molecule has 1 fully saturated rings. The zero-order valence-electron chi connectivity index (χ0n) is 15.3. The molecule has 1 amide bonds. The van der Waals surface area contributed by atoms with Gasteiger partial charge in [0.15, 0.2) is 6.61 Å². The van der Waals surface area contributed by atoms with Crippen molar-refractivity contribution in [1.29, 1.82) is 0 Å². The lowest BCUT2D eigenvalue weighted by molar-refractivity contribution is -0.118. The number of hydrogen-bond donors (Lipinski definition) is 1. The minimum absolute atomic E-state index is 0.139. The highest BCUT2D eigenvalue weighted by Crippen LogP contribution is 2.23. The topological polar surface area (TPSA) is 75.7 Å². The predicted octanol–water partition coefficient (Wildman–Crippen LogP) is 3.05. The minimum Gasteiger partial charge on any atom is -0.483 e. The summed E-state index contributed by atoms with van der Waals surface area (Å²) >= 11 is 0. The maximum atomic E-state index is 12.6. The zero-order valence-corrected chi connectivity index (χ0v) is 16.2. The van der Waals surface area contributed by atoms with Crippen molar-refractivity contribution in [2.45, 2.75) is 31.1 Å². The molecule has 1 heterocycles. The van der Waals surface area contributed by atoms with E-state index in [1.807, 2.05) is 31.2 Å². The summed E-state index contributed by atoms with van der Waals surface area (Å²) in [5.74, 6) is 0.345. The van der Waals surface area contributed by atoms with E-state index in [1.165, 1.54) is 10.4 Å². The van der Waals surface area contributed by atoms with Crippen molar-refractivity contribution in [2.24, 2.45) is 0 Å². The Kier molecular flexibility index (Phi) is 6.13. The van der Waals surface area contributed by atoms with Crippen LogP contribution in [0.5, 0.6) is 5.75 Å². The number of anilines is 1. The van der Waals surface area contributed by atoms with Crippen molar-refractivity contribution in [2.75, 3.05) is 25.0 Å². The number of rotatable bonds is 7. The van der Waals surface area contributed by atoms with Crippen LogP contribution in [-0.4, -0.2) is 38.3 Å². The standard InChI is InChI=1S/C20H24N2O4S/c1-2-16-8-3-4-11-19(16)26-15-20(23)21-17-9-7-10-18(14-17)27(24,25)22-12-5-6-13-22/h3-4,7-11,14H,2,5-6,12-13,15H2,1H3,(H,21,23). The monoisotopic (exact) mass is 388 g/mol. The zero-order chi connectivity index (χ0) is 19.3. The summed E-state index contributed by atoms with van der Waals surface area (Å²) in [6.45, 7) is 2.97. The number of amides is 1. The van der Waals surface area contributed by atoms with Gasteiger partial charge in [-0.1, -0.05) is 31.2 Å². The van der Waals surface area contributed by atoms with E-state index < -0.39 is 10.0 Å². The smallest absolute Gasteiger partial charge is 0.262 e. The van der Waals surface area contributed by atoms with Crippen molar-refractivity contribution in [3.8, 4) is 5.75 Å². The van der Waals surface area contributed by atoms with Crippen LogP contribution in [0.3, 0.4) is 0 Å². The number of nitrogens with zero attached hydrogens (tertiary/aromatic N) is 1. The van der Waals surface area contributed by atoms with Crippen LogP contribution in [0.4, 0.5) is 5.69 Å². The number of sulfonamides is 1. The van der Waals surface area contributed by atoms with E-state index in [2.05, 4.69) is 5.32 Å². The van der Waals surface area contributed by atoms with Gasteiger partial charge >= 0.3 is 0 Å². The molecule has 0 bridgehead atoms. The van der Waals surface area contributed by atoms with E-state index in [1.54, 1.807) is 18.2 Å². The van der Waals surface area contributed by atoms with Crippen molar-refractivity contribution >= 4 is 21.6 Å². The number of nitrogens with one attached hydrogen (secondary N) is 1. The summed E-state index contributed by atoms with van der Waals surface area (Å²) in [6, 6.07) is 13.9. The third kappa shape index (κ3) is 4.67. The van der Waals surface area contributed by atoms with Crippen LogP contribution in [0.15, 0.2) is 53.4 Å². The SMILES string of the molecule is CCc1ccccc1OCC(=O)Nc1cccc(S(=O)(=O)N2CCCC2)c1. The summed E-state index contributed by atoms with van der Waals surface area (Å²) in [7, 11) is -3.51. The van der Waals surface area contributed by atoms with Crippen LogP contribution in [-0.2, 0) is 21.2 Å².